The molecular weight excluding hydrogens is 168 g/mol. The molecule has 0 fully saturated rings. The first-order chi connectivity index (χ1) is 5.65. The molecular formula is C7H7F2NO2. The van der Waals surface area contributed by atoms with E-state index < -0.39 is 23.1 Å². The number of aromatic hydroxyl groups is 1. The van der Waals surface area contributed by atoms with Crippen molar-refractivity contribution in [3.63, 3.8) is 0 Å². The van der Waals surface area contributed by atoms with Gasteiger partial charge in [0.2, 0.25) is 0 Å². The van der Waals surface area contributed by atoms with Gasteiger partial charge in [-0.05, 0) is 0 Å². The zero-order valence-electron chi connectivity index (χ0n) is 6.27. The molecule has 1 aromatic carbocycles. The number of hydrogen-bond donors (Lipinski definition) is 2. The fourth-order valence-corrected chi connectivity index (χ4v) is 0.759. The van der Waals surface area contributed by atoms with Gasteiger partial charge >= 0.3 is 0 Å². The van der Waals surface area contributed by atoms with Gasteiger partial charge in [0.1, 0.15) is 11.4 Å². The van der Waals surface area contributed by atoms with Crippen molar-refractivity contribution in [3.8, 4) is 5.75 Å². The predicted octanol–water partition coefficient (Wildman–Crippen LogP) is 1.64. The fourth-order valence-electron chi connectivity index (χ4n) is 0.759. The maximum Gasteiger partial charge on any atom is 0.155 e. The first kappa shape index (κ1) is 8.73. The van der Waals surface area contributed by atoms with Gasteiger partial charge in [-0.3, -0.25) is 10.3 Å². The molecule has 0 atom stereocenters. The highest BCUT2D eigenvalue weighted by Gasteiger charge is 2.09. The predicted molar refractivity (Wildman–Crippen MR) is 38.7 cm³/mol. The van der Waals surface area contributed by atoms with Crippen LogP contribution in [0, 0.1) is 11.6 Å². The molecule has 0 spiro atoms. The highest BCUT2D eigenvalue weighted by atomic mass is 19.1. The Kier molecular flexibility index (Phi) is 2.44. The Labute approximate surface area is 67.5 Å². The Morgan fingerprint density at radius 2 is 1.83 bits per heavy atom. The topological polar surface area (TPSA) is 41.5 Å². The molecule has 0 aliphatic carbocycles. The number of benzene rings is 1. The van der Waals surface area contributed by atoms with Crippen LogP contribution in [0.5, 0.6) is 5.75 Å². The van der Waals surface area contributed by atoms with Crippen molar-refractivity contribution in [3.05, 3.63) is 23.8 Å². The minimum atomic E-state index is -0.908. The molecule has 66 valence electrons. The van der Waals surface area contributed by atoms with Gasteiger partial charge < -0.3 is 5.11 Å². The number of nitrogens with one attached hydrogen (secondary N) is 1. The van der Waals surface area contributed by atoms with Crippen LogP contribution in [-0.4, -0.2) is 12.2 Å². The molecule has 0 saturated carbocycles. The van der Waals surface area contributed by atoms with E-state index >= 15 is 0 Å². The van der Waals surface area contributed by atoms with Crippen LogP contribution in [0.3, 0.4) is 0 Å². The van der Waals surface area contributed by atoms with E-state index in [2.05, 4.69) is 4.84 Å². The first-order valence-electron chi connectivity index (χ1n) is 3.12. The Morgan fingerprint density at radius 3 is 2.25 bits per heavy atom. The molecule has 0 aliphatic heterocycles. The number of halogens is 2. The summed E-state index contributed by atoms with van der Waals surface area (Å²) < 4.78 is 25.5. The lowest BCUT2D eigenvalue weighted by Crippen LogP contribution is -2.01. The van der Waals surface area contributed by atoms with Crippen molar-refractivity contribution < 1.29 is 18.7 Å². The average molecular weight is 175 g/mol. The summed E-state index contributed by atoms with van der Waals surface area (Å²) >= 11 is 0. The number of hydrogen-bond acceptors (Lipinski definition) is 3. The third kappa shape index (κ3) is 1.62. The molecule has 0 amide bonds. The number of phenols is 1. The van der Waals surface area contributed by atoms with Gasteiger partial charge in [-0.2, -0.15) is 0 Å². The zero-order chi connectivity index (χ0) is 9.14. The van der Waals surface area contributed by atoms with E-state index in [0.29, 0.717) is 0 Å². The molecule has 3 nitrogen and oxygen atoms in total. The molecule has 1 rings (SSSR count). The van der Waals surface area contributed by atoms with E-state index in [1.165, 1.54) is 7.11 Å². The van der Waals surface area contributed by atoms with Crippen LogP contribution in [0.1, 0.15) is 0 Å². The van der Waals surface area contributed by atoms with Gasteiger partial charge in [-0.15, -0.1) is 0 Å². The monoisotopic (exact) mass is 175 g/mol. The van der Waals surface area contributed by atoms with Crippen LogP contribution in [-0.2, 0) is 4.84 Å². The Balaban J connectivity index is 3.10. The molecule has 0 radical (unpaired) electrons. The van der Waals surface area contributed by atoms with Crippen molar-refractivity contribution in [1.29, 1.82) is 0 Å². The molecule has 1 aromatic rings. The third-order valence-electron chi connectivity index (χ3n) is 1.23. The second-order valence-electron chi connectivity index (χ2n) is 2.09. The largest absolute Gasteiger partial charge is 0.508 e. The SMILES string of the molecule is CONc1c(F)cc(O)cc1F. The summed E-state index contributed by atoms with van der Waals surface area (Å²) in [6, 6.07) is 1.56. The van der Waals surface area contributed by atoms with Crippen LogP contribution >= 0.6 is 0 Å². The fraction of sp³-hybridized carbons (Fsp3) is 0.143. The lowest BCUT2D eigenvalue weighted by Gasteiger charge is -2.05. The van der Waals surface area contributed by atoms with E-state index in [0.717, 1.165) is 12.1 Å². The number of phenolic OH excluding ortho intramolecular Hbond substituents is 1. The summed E-state index contributed by atoms with van der Waals surface area (Å²) in [7, 11) is 1.23. The summed E-state index contributed by atoms with van der Waals surface area (Å²) in [5.41, 5.74) is 1.59. The quantitative estimate of drug-likeness (QED) is 0.530. The number of rotatable bonds is 2. The summed E-state index contributed by atoms with van der Waals surface area (Å²) in [6.07, 6.45) is 0. The Hall–Kier alpha value is -1.36. The molecule has 0 saturated heterocycles. The van der Waals surface area contributed by atoms with E-state index in [9.17, 15) is 8.78 Å². The minimum Gasteiger partial charge on any atom is -0.508 e. The maximum absolute atomic E-state index is 12.8. The maximum atomic E-state index is 12.8. The van der Waals surface area contributed by atoms with Crippen molar-refractivity contribution in [2.45, 2.75) is 0 Å². The summed E-state index contributed by atoms with van der Waals surface area (Å²) in [5, 5.41) is 8.74. The Morgan fingerprint density at radius 1 is 1.33 bits per heavy atom. The molecule has 0 bridgehead atoms. The smallest absolute Gasteiger partial charge is 0.155 e. The third-order valence-corrected chi connectivity index (χ3v) is 1.23. The average Bonchev–Trinajstić information content (AvgIpc) is 1.96. The van der Waals surface area contributed by atoms with Gasteiger partial charge in [0.05, 0.1) is 7.11 Å². The van der Waals surface area contributed by atoms with Crippen LogP contribution in [0.25, 0.3) is 0 Å². The first-order valence-corrected chi connectivity index (χ1v) is 3.12. The van der Waals surface area contributed by atoms with E-state index in [-0.39, 0.29) is 0 Å². The van der Waals surface area contributed by atoms with Gasteiger partial charge in [0, 0.05) is 12.1 Å². The summed E-state index contributed by atoms with van der Waals surface area (Å²) in [4.78, 5) is 4.32. The number of anilines is 1. The minimum absolute atomic E-state index is 0.421. The van der Waals surface area contributed by atoms with Crippen LogP contribution in [0.4, 0.5) is 14.5 Å². The lowest BCUT2D eigenvalue weighted by molar-refractivity contribution is 0.266. The molecule has 0 heterocycles. The van der Waals surface area contributed by atoms with Crippen LogP contribution in [0.15, 0.2) is 12.1 Å². The van der Waals surface area contributed by atoms with Gasteiger partial charge in [-0.25, -0.2) is 8.78 Å². The standard InChI is InChI=1S/C7H7F2NO2/c1-12-10-7-5(8)2-4(11)3-6(7)9/h2-3,10-11H,1H3. The zero-order valence-corrected chi connectivity index (χ0v) is 6.27. The highest BCUT2D eigenvalue weighted by molar-refractivity contribution is 5.47. The van der Waals surface area contributed by atoms with Crippen molar-refractivity contribution >= 4 is 5.69 Å². The van der Waals surface area contributed by atoms with Crippen LogP contribution in [0.2, 0.25) is 0 Å². The summed E-state index contributed by atoms with van der Waals surface area (Å²) in [5.74, 6) is -2.28. The molecule has 0 unspecified atom stereocenters. The second-order valence-corrected chi connectivity index (χ2v) is 2.09. The molecule has 5 heteroatoms. The van der Waals surface area contributed by atoms with E-state index in [4.69, 9.17) is 5.11 Å². The molecule has 12 heavy (non-hydrogen) atoms. The van der Waals surface area contributed by atoms with Crippen LogP contribution < -0.4 is 5.48 Å². The van der Waals surface area contributed by atoms with E-state index in [1.54, 1.807) is 0 Å². The Bertz CT molecular complexity index is 268. The molecule has 0 aliphatic rings. The van der Waals surface area contributed by atoms with Gasteiger partial charge in [-0.1, -0.05) is 0 Å². The van der Waals surface area contributed by atoms with Crippen molar-refractivity contribution in [2.75, 3.05) is 12.6 Å². The second kappa shape index (κ2) is 3.36. The lowest BCUT2D eigenvalue weighted by atomic mass is 10.3. The molecule has 2 N–H and O–H groups in total. The van der Waals surface area contributed by atoms with Gasteiger partial charge in [0.25, 0.3) is 0 Å². The normalized spacial score (nSPS) is 9.92. The van der Waals surface area contributed by atoms with Gasteiger partial charge in [0.15, 0.2) is 11.6 Å². The van der Waals surface area contributed by atoms with Crippen molar-refractivity contribution in [1.82, 2.24) is 0 Å². The van der Waals surface area contributed by atoms with E-state index in [1.807, 2.05) is 5.48 Å². The van der Waals surface area contributed by atoms with Crippen molar-refractivity contribution in [2.24, 2.45) is 0 Å². The molecule has 0 aromatic heterocycles. The highest BCUT2D eigenvalue weighted by Crippen LogP contribution is 2.23. The summed E-state index contributed by atoms with van der Waals surface area (Å²) in [6.45, 7) is 0.